The number of halogens is 1. The van der Waals surface area contributed by atoms with E-state index in [0.717, 1.165) is 0 Å². The van der Waals surface area contributed by atoms with Crippen LogP contribution in [0.5, 0.6) is 0 Å². The smallest absolute Gasteiger partial charge is 0.276 e. The molecule has 0 radical (unpaired) electrons. The molecule has 1 saturated heterocycles. The first-order chi connectivity index (χ1) is 10.4. The molecule has 1 aliphatic rings. The summed E-state index contributed by atoms with van der Waals surface area (Å²) in [4.78, 5) is 14.1. The molecule has 22 heavy (non-hydrogen) atoms. The Hall–Kier alpha value is -1.64. The van der Waals surface area contributed by atoms with Gasteiger partial charge in [-0.25, -0.2) is 12.9 Å². The highest BCUT2D eigenvalue weighted by Crippen LogP contribution is 2.23. The average molecular weight is 343 g/mol. The summed E-state index contributed by atoms with van der Waals surface area (Å²) in [5.41, 5.74) is 0.864. The van der Waals surface area contributed by atoms with Gasteiger partial charge in [-0.2, -0.15) is 9.40 Å². The van der Waals surface area contributed by atoms with E-state index >= 15 is 0 Å². The summed E-state index contributed by atoms with van der Waals surface area (Å²) in [5, 5.41) is 4.53. The number of carbonyl (C=O) groups is 1. The van der Waals surface area contributed by atoms with Crippen molar-refractivity contribution < 1.29 is 13.2 Å². The standard InChI is InChI=1S/C13H15ClN4O3S/c1-22(20,21)17-8-6-16(7-9-17)13(19)12-11(14)10-4-2-3-5-18(10)15-12/h2-5H,6-9H2,1H3. The molecule has 1 amide bonds. The molecule has 0 aliphatic carbocycles. The van der Waals surface area contributed by atoms with Crippen LogP contribution in [0.15, 0.2) is 24.4 Å². The number of hydrogen-bond donors (Lipinski definition) is 0. The topological polar surface area (TPSA) is 75.0 Å². The number of fused-ring (bicyclic) bond motifs is 1. The van der Waals surface area contributed by atoms with Crippen LogP contribution >= 0.6 is 11.6 Å². The minimum Gasteiger partial charge on any atom is -0.335 e. The first-order valence-electron chi connectivity index (χ1n) is 6.75. The Kier molecular flexibility index (Phi) is 3.84. The van der Waals surface area contributed by atoms with Crippen LogP contribution in [0.1, 0.15) is 10.5 Å². The first kappa shape index (κ1) is 15.3. The zero-order valence-electron chi connectivity index (χ0n) is 11.9. The van der Waals surface area contributed by atoms with Crippen molar-refractivity contribution in [2.45, 2.75) is 0 Å². The van der Waals surface area contributed by atoms with Gasteiger partial charge in [-0.05, 0) is 12.1 Å². The molecule has 0 aromatic carbocycles. The van der Waals surface area contributed by atoms with Crippen molar-refractivity contribution in [2.75, 3.05) is 32.4 Å². The fourth-order valence-corrected chi connectivity index (χ4v) is 3.57. The van der Waals surface area contributed by atoms with Gasteiger partial charge in [-0.1, -0.05) is 17.7 Å². The molecule has 3 rings (SSSR count). The second kappa shape index (κ2) is 5.53. The van der Waals surface area contributed by atoms with E-state index in [9.17, 15) is 13.2 Å². The maximum Gasteiger partial charge on any atom is 0.276 e. The lowest BCUT2D eigenvalue weighted by atomic mass is 10.3. The number of rotatable bonds is 2. The first-order valence-corrected chi connectivity index (χ1v) is 8.98. The molecule has 0 spiro atoms. The van der Waals surface area contributed by atoms with Gasteiger partial charge in [0.05, 0.1) is 16.8 Å². The number of sulfonamides is 1. The Morgan fingerprint density at radius 3 is 2.50 bits per heavy atom. The SMILES string of the molecule is CS(=O)(=O)N1CCN(C(=O)c2nn3ccccc3c2Cl)CC1. The van der Waals surface area contributed by atoms with Gasteiger partial charge in [0.1, 0.15) is 0 Å². The third-order valence-corrected chi connectivity index (χ3v) is 5.35. The van der Waals surface area contributed by atoms with Crippen LogP contribution in [0.25, 0.3) is 5.52 Å². The number of amides is 1. The van der Waals surface area contributed by atoms with Gasteiger partial charge < -0.3 is 4.90 Å². The lowest BCUT2D eigenvalue weighted by molar-refractivity contribution is 0.0692. The maximum atomic E-state index is 12.5. The molecular formula is C13H15ClN4O3S. The lowest BCUT2D eigenvalue weighted by Crippen LogP contribution is -2.50. The van der Waals surface area contributed by atoms with Crippen molar-refractivity contribution in [1.29, 1.82) is 0 Å². The summed E-state index contributed by atoms with van der Waals surface area (Å²) in [6.45, 7) is 1.23. The van der Waals surface area contributed by atoms with Crippen LogP contribution in [0, 0.1) is 0 Å². The summed E-state index contributed by atoms with van der Waals surface area (Å²) < 4.78 is 25.9. The van der Waals surface area contributed by atoms with Gasteiger partial charge in [0.25, 0.3) is 5.91 Å². The van der Waals surface area contributed by atoms with Gasteiger partial charge >= 0.3 is 0 Å². The van der Waals surface area contributed by atoms with Crippen LogP contribution in [0.2, 0.25) is 5.02 Å². The summed E-state index contributed by atoms with van der Waals surface area (Å²) in [6.07, 6.45) is 2.89. The van der Waals surface area contributed by atoms with Crippen molar-refractivity contribution in [3.05, 3.63) is 35.1 Å². The normalized spacial score (nSPS) is 17.1. The predicted molar refractivity (Wildman–Crippen MR) is 82.5 cm³/mol. The number of piperazine rings is 1. The second-order valence-corrected chi connectivity index (χ2v) is 7.51. The minimum atomic E-state index is -3.22. The third kappa shape index (κ3) is 2.69. The van der Waals surface area contributed by atoms with Crippen molar-refractivity contribution in [3.8, 4) is 0 Å². The van der Waals surface area contributed by atoms with E-state index in [1.54, 1.807) is 27.7 Å². The molecule has 2 aromatic heterocycles. The zero-order chi connectivity index (χ0) is 15.9. The number of pyridine rings is 1. The van der Waals surface area contributed by atoms with E-state index in [0.29, 0.717) is 23.6 Å². The third-order valence-electron chi connectivity index (χ3n) is 3.68. The molecule has 3 heterocycles. The van der Waals surface area contributed by atoms with E-state index in [1.807, 2.05) is 6.07 Å². The Labute approximate surface area is 133 Å². The zero-order valence-corrected chi connectivity index (χ0v) is 13.5. The van der Waals surface area contributed by atoms with Gasteiger partial charge in [0, 0.05) is 32.4 Å². The van der Waals surface area contributed by atoms with Crippen LogP contribution in [0.4, 0.5) is 0 Å². The fraction of sp³-hybridized carbons (Fsp3) is 0.385. The van der Waals surface area contributed by atoms with Crippen molar-refractivity contribution >= 4 is 33.0 Å². The average Bonchev–Trinajstić information content (AvgIpc) is 2.83. The molecule has 7 nitrogen and oxygen atoms in total. The Morgan fingerprint density at radius 1 is 1.23 bits per heavy atom. The monoisotopic (exact) mass is 342 g/mol. The molecule has 9 heteroatoms. The Balaban J connectivity index is 1.81. The minimum absolute atomic E-state index is 0.195. The molecule has 0 N–H and O–H groups in total. The van der Waals surface area contributed by atoms with E-state index in [-0.39, 0.29) is 24.7 Å². The molecule has 0 atom stereocenters. The summed E-state index contributed by atoms with van der Waals surface area (Å²) in [6, 6.07) is 5.41. The molecule has 2 aromatic rings. The second-order valence-electron chi connectivity index (χ2n) is 5.15. The van der Waals surface area contributed by atoms with Crippen molar-refractivity contribution in [2.24, 2.45) is 0 Å². The van der Waals surface area contributed by atoms with Gasteiger partial charge in [-0.3, -0.25) is 4.79 Å². The Morgan fingerprint density at radius 2 is 1.91 bits per heavy atom. The van der Waals surface area contributed by atoms with E-state index in [4.69, 9.17) is 11.6 Å². The summed E-state index contributed by atoms with van der Waals surface area (Å²) in [5.74, 6) is -0.276. The molecule has 0 saturated carbocycles. The highest BCUT2D eigenvalue weighted by molar-refractivity contribution is 7.88. The number of nitrogens with zero attached hydrogens (tertiary/aromatic N) is 4. The predicted octanol–water partition coefficient (Wildman–Crippen LogP) is 0.705. The van der Waals surface area contributed by atoms with Crippen molar-refractivity contribution in [1.82, 2.24) is 18.8 Å². The van der Waals surface area contributed by atoms with E-state index in [1.165, 1.54) is 10.6 Å². The molecule has 1 aliphatic heterocycles. The summed E-state index contributed by atoms with van der Waals surface area (Å²) >= 11 is 6.24. The number of hydrogen-bond acceptors (Lipinski definition) is 4. The molecule has 0 bridgehead atoms. The maximum absolute atomic E-state index is 12.5. The van der Waals surface area contributed by atoms with Crippen LogP contribution < -0.4 is 0 Å². The van der Waals surface area contributed by atoms with E-state index in [2.05, 4.69) is 5.10 Å². The summed E-state index contributed by atoms with van der Waals surface area (Å²) in [7, 11) is -3.22. The van der Waals surface area contributed by atoms with Gasteiger partial charge in [0.2, 0.25) is 10.0 Å². The van der Waals surface area contributed by atoms with Crippen LogP contribution in [-0.2, 0) is 10.0 Å². The molecular weight excluding hydrogens is 328 g/mol. The molecule has 1 fully saturated rings. The Bertz CT molecular complexity index is 825. The highest BCUT2D eigenvalue weighted by Gasteiger charge is 2.29. The van der Waals surface area contributed by atoms with E-state index < -0.39 is 10.0 Å². The highest BCUT2D eigenvalue weighted by atomic mass is 35.5. The lowest BCUT2D eigenvalue weighted by Gasteiger charge is -2.32. The number of carbonyl (C=O) groups excluding carboxylic acids is 1. The van der Waals surface area contributed by atoms with Gasteiger partial charge in [-0.15, -0.1) is 0 Å². The largest absolute Gasteiger partial charge is 0.335 e. The van der Waals surface area contributed by atoms with Gasteiger partial charge in [0.15, 0.2) is 5.69 Å². The molecule has 0 unspecified atom stereocenters. The van der Waals surface area contributed by atoms with Crippen LogP contribution in [-0.4, -0.2) is 65.6 Å². The fourth-order valence-electron chi connectivity index (χ4n) is 2.48. The molecule has 118 valence electrons. The van der Waals surface area contributed by atoms with Crippen molar-refractivity contribution in [3.63, 3.8) is 0 Å². The number of aromatic nitrogens is 2. The quantitative estimate of drug-likeness (QED) is 0.805. The van der Waals surface area contributed by atoms with Crippen LogP contribution in [0.3, 0.4) is 0 Å².